The second-order valence-corrected chi connectivity index (χ2v) is 7.60. The zero-order valence-electron chi connectivity index (χ0n) is 13.3. The van der Waals surface area contributed by atoms with E-state index in [2.05, 4.69) is 41.1 Å². The van der Waals surface area contributed by atoms with Crippen LogP contribution in [0.3, 0.4) is 0 Å². The van der Waals surface area contributed by atoms with Gasteiger partial charge in [-0.15, -0.1) is 0 Å². The van der Waals surface area contributed by atoms with E-state index in [0.717, 1.165) is 30.2 Å². The van der Waals surface area contributed by atoms with Gasteiger partial charge in [0.25, 0.3) is 0 Å². The Labute approximate surface area is 138 Å². The first-order valence-corrected chi connectivity index (χ1v) is 9.42. The summed E-state index contributed by atoms with van der Waals surface area (Å²) in [4.78, 5) is 0. The third-order valence-electron chi connectivity index (χ3n) is 4.79. The van der Waals surface area contributed by atoms with Crippen LogP contribution in [0.4, 0.5) is 0 Å². The van der Waals surface area contributed by atoms with Gasteiger partial charge in [-0.25, -0.2) is 0 Å². The first-order valence-electron chi connectivity index (χ1n) is 8.63. The van der Waals surface area contributed by atoms with Crippen molar-refractivity contribution >= 4 is 15.9 Å². The van der Waals surface area contributed by atoms with Crippen molar-refractivity contribution in [1.82, 2.24) is 0 Å². The first kappa shape index (κ1) is 17.0. The van der Waals surface area contributed by atoms with E-state index in [1.165, 1.54) is 56.1 Å². The molecule has 118 valence electrons. The second-order valence-electron chi connectivity index (χ2n) is 6.69. The molecule has 0 saturated carbocycles. The van der Waals surface area contributed by atoms with Crippen molar-refractivity contribution in [2.75, 3.05) is 0 Å². The number of aryl methyl sites for hydroxylation is 1. The van der Waals surface area contributed by atoms with Crippen LogP contribution in [0.15, 0.2) is 22.7 Å². The Balaban J connectivity index is 1.73. The summed E-state index contributed by atoms with van der Waals surface area (Å²) in [5, 5.41) is 10.8. The number of hydrogen-bond donors (Lipinski definition) is 1. The quantitative estimate of drug-likeness (QED) is 0.585. The molecule has 2 heteroatoms. The Bertz CT molecular complexity index is 443. The average molecular weight is 353 g/mol. The van der Waals surface area contributed by atoms with Crippen molar-refractivity contribution < 1.29 is 5.11 Å². The van der Waals surface area contributed by atoms with E-state index >= 15 is 0 Å². The van der Waals surface area contributed by atoms with Gasteiger partial charge in [0, 0.05) is 10.9 Å². The number of rotatable bonds is 8. The highest BCUT2D eigenvalue weighted by Gasteiger charge is 2.31. The number of hydrogen-bond acceptors (Lipinski definition) is 1. The Morgan fingerprint density at radius 2 is 1.76 bits per heavy atom. The van der Waals surface area contributed by atoms with E-state index in [1.54, 1.807) is 0 Å². The van der Waals surface area contributed by atoms with Gasteiger partial charge in [-0.05, 0) is 42.5 Å². The Morgan fingerprint density at radius 1 is 1.05 bits per heavy atom. The van der Waals surface area contributed by atoms with Gasteiger partial charge in [0.2, 0.25) is 0 Å². The number of benzene rings is 1. The molecular weight excluding hydrogens is 324 g/mol. The molecule has 0 saturated heterocycles. The molecule has 1 aromatic rings. The van der Waals surface area contributed by atoms with Crippen molar-refractivity contribution in [3.8, 4) is 0 Å². The van der Waals surface area contributed by atoms with Gasteiger partial charge in [-0.1, -0.05) is 73.9 Å². The summed E-state index contributed by atoms with van der Waals surface area (Å²) in [5.74, 6) is 0. The fourth-order valence-electron chi connectivity index (χ4n) is 3.43. The van der Waals surface area contributed by atoms with Crippen molar-refractivity contribution in [2.45, 2.75) is 83.2 Å². The second kappa shape index (κ2) is 8.33. The lowest BCUT2D eigenvalue weighted by molar-refractivity contribution is 0.0154. The molecular formula is C19H29BrO. The van der Waals surface area contributed by atoms with E-state index in [4.69, 9.17) is 0 Å². The van der Waals surface area contributed by atoms with E-state index in [0.29, 0.717) is 0 Å². The largest absolute Gasteiger partial charge is 0.390 e. The lowest BCUT2D eigenvalue weighted by atomic mass is 9.78. The van der Waals surface area contributed by atoms with Gasteiger partial charge in [0.1, 0.15) is 0 Å². The maximum Gasteiger partial charge on any atom is 0.0691 e. The molecule has 0 fully saturated rings. The van der Waals surface area contributed by atoms with Crippen molar-refractivity contribution in [2.24, 2.45) is 0 Å². The average Bonchev–Trinajstić information content (AvgIpc) is 2.47. The van der Waals surface area contributed by atoms with Gasteiger partial charge in [-0.3, -0.25) is 0 Å². The lowest BCUT2D eigenvalue weighted by Gasteiger charge is -2.34. The zero-order valence-corrected chi connectivity index (χ0v) is 14.9. The summed E-state index contributed by atoms with van der Waals surface area (Å²) in [5.41, 5.74) is 2.30. The van der Waals surface area contributed by atoms with E-state index in [9.17, 15) is 5.11 Å². The molecule has 1 nitrogen and oxygen atoms in total. The predicted octanol–water partition coefficient (Wildman–Crippen LogP) is 5.81. The highest BCUT2D eigenvalue weighted by atomic mass is 79.9. The number of halogens is 1. The van der Waals surface area contributed by atoms with Crippen LogP contribution in [0, 0.1) is 0 Å². The third kappa shape index (κ3) is 5.41. The van der Waals surface area contributed by atoms with Crippen molar-refractivity contribution in [3.63, 3.8) is 0 Å². The van der Waals surface area contributed by atoms with Crippen LogP contribution in [0.2, 0.25) is 0 Å². The zero-order chi connectivity index (χ0) is 15.1. The van der Waals surface area contributed by atoms with Crippen LogP contribution in [0.5, 0.6) is 0 Å². The number of unbranched alkanes of at least 4 members (excludes halogenated alkanes) is 6. The minimum absolute atomic E-state index is 0.454. The van der Waals surface area contributed by atoms with Crippen molar-refractivity contribution in [3.05, 3.63) is 33.8 Å². The molecule has 1 aliphatic carbocycles. The highest BCUT2D eigenvalue weighted by molar-refractivity contribution is 9.10. The topological polar surface area (TPSA) is 20.2 Å². The minimum Gasteiger partial charge on any atom is -0.390 e. The summed E-state index contributed by atoms with van der Waals surface area (Å²) < 4.78 is 1.15. The normalized spacial score (nSPS) is 21.3. The summed E-state index contributed by atoms with van der Waals surface area (Å²) >= 11 is 3.53. The fraction of sp³-hybridized carbons (Fsp3) is 0.684. The summed E-state index contributed by atoms with van der Waals surface area (Å²) in [7, 11) is 0. The van der Waals surface area contributed by atoms with Gasteiger partial charge >= 0.3 is 0 Å². The molecule has 21 heavy (non-hydrogen) atoms. The first-order chi connectivity index (χ1) is 10.1. The van der Waals surface area contributed by atoms with Crippen molar-refractivity contribution in [1.29, 1.82) is 0 Å². The maximum absolute atomic E-state index is 10.8. The highest BCUT2D eigenvalue weighted by Crippen LogP contribution is 2.33. The van der Waals surface area contributed by atoms with Crippen LogP contribution in [0.25, 0.3) is 0 Å². The molecule has 1 aliphatic rings. The molecule has 0 spiro atoms. The van der Waals surface area contributed by atoms with E-state index in [-0.39, 0.29) is 0 Å². The third-order valence-corrected chi connectivity index (χ3v) is 5.29. The van der Waals surface area contributed by atoms with Crippen LogP contribution in [-0.4, -0.2) is 10.7 Å². The molecule has 0 radical (unpaired) electrons. The van der Waals surface area contributed by atoms with Crippen LogP contribution >= 0.6 is 15.9 Å². The van der Waals surface area contributed by atoms with Crippen LogP contribution < -0.4 is 0 Å². The molecule has 0 heterocycles. The van der Waals surface area contributed by atoms with Crippen LogP contribution in [0.1, 0.15) is 75.8 Å². The summed E-state index contributed by atoms with van der Waals surface area (Å²) in [6.45, 7) is 2.26. The molecule has 1 aromatic carbocycles. The van der Waals surface area contributed by atoms with Gasteiger partial charge < -0.3 is 5.11 Å². The fourth-order valence-corrected chi connectivity index (χ4v) is 3.84. The molecule has 1 N–H and O–H groups in total. The molecule has 1 unspecified atom stereocenters. The predicted molar refractivity (Wildman–Crippen MR) is 93.7 cm³/mol. The summed E-state index contributed by atoms with van der Waals surface area (Å²) in [6.07, 6.45) is 13.0. The molecule has 2 rings (SSSR count). The molecule has 0 aromatic heterocycles. The van der Waals surface area contributed by atoms with E-state index < -0.39 is 5.60 Å². The Morgan fingerprint density at radius 3 is 2.52 bits per heavy atom. The number of fused-ring (bicyclic) bond motifs is 1. The minimum atomic E-state index is -0.454. The Kier molecular flexibility index (Phi) is 6.75. The van der Waals surface area contributed by atoms with Crippen LogP contribution in [-0.2, 0) is 12.8 Å². The standard InChI is InChI=1S/C19H29BrO/c1-2-3-4-5-6-7-8-12-19(21)13-11-16-14-18(20)10-9-17(16)15-19/h9-10,14,21H,2-8,11-13,15H2,1H3. The number of aliphatic hydroxyl groups is 1. The molecule has 0 bridgehead atoms. The van der Waals surface area contributed by atoms with Gasteiger partial charge in [-0.2, -0.15) is 0 Å². The SMILES string of the molecule is CCCCCCCCCC1(O)CCc2cc(Br)ccc2C1. The summed E-state index contributed by atoms with van der Waals surface area (Å²) in [6, 6.07) is 6.48. The maximum atomic E-state index is 10.8. The molecule has 0 amide bonds. The van der Waals surface area contributed by atoms with Gasteiger partial charge in [0.15, 0.2) is 0 Å². The lowest BCUT2D eigenvalue weighted by Crippen LogP contribution is -2.35. The monoisotopic (exact) mass is 352 g/mol. The molecule has 0 aliphatic heterocycles. The smallest absolute Gasteiger partial charge is 0.0691 e. The Hall–Kier alpha value is -0.340. The van der Waals surface area contributed by atoms with Gasteiger partial charge in [0.05, 0.1) is 5.60 Å². The molecule has 1 atom stereocenters. The van der Waals surface area contributed by atoms with E-state index in [1.807, 2.05) is 0 Å².